The lowest BCUT2D eigenvalue weighted by molar-refractivity contribution is -0.120. The fraction of sp³-hybridized carbons (Fsp3) is 0.458. The van der Waals surface area contributed by atoms with Crippen LogP contribution in [0.5, 0.6) is 6.01 Å². The largest absolute Gasteiger partial charge is 0.467 e. The van der Waals surface area contributed by atoms with Gasteiger partial charge in [-0.05, 0) is 62.1 Å². The second-order valence-electron chi connectivity index (χ2n) is 8.87. The number of hydrogen-bond donors (Lipinski definition) is 3. The molecule has 2 amide bonds. The molecule has 4 N–H and O–H groups in total. The number of fused-ring (bicyclic) bond motifs is 1. The molecule has 0 saturated heterocycles. The molecule has 1 aromatic carbocycles. The molecular formula is C24H30N6O4. The quantitative estimate of drug-likeness (QED) is 0.266. The maximum atomic E-state index is 13.1. The minimum absolute atomic E-state index is 0.111. The highest BCUT2D eigenvalue weighted by atomic mass is 16.5. The Bertz CT molecular complexity index is 1090. The Morgan fingerprint density at radius 2 is 1.94 bits per heavy atom. The fourth-order valence-corrected chi connectivity index (χ4v) is 4.88. The summed E-state index contributed by atoms with van der Waals surface area (Å²) in [4.78, 5) is 35.2. The first kappa shape index (κ1) is 23.5. The average molecular weight is 467 g/mol. The number of rotatable bonds is 5. The van der Waals surface area contributed by atoms with Gasteiger partial charge in [-0.15, -0.1) is 0 Å². The van der Waals surface area contributed by atoms with E-state index < -0.39 is 0 Å². The van der Waals surface area contributed by atoms with Crippen LogP contribution >= 0.6 is 0 Å². The number of nitrogens with one attached hydrogen (secondary N) is 1. The molecule has 1 fully saturated rings. The monoisotopic (exact) mass is 466 g/mol. The highest BCUT2D eigenvalue weighted by Crippen LogP contribution is 2.38. The first-order valence-corrected chi connectivity index (χ1v) is 11.5. The van der Waals surface area contributed by atoms with Gasteiger partial charge in [-0.3, -0.25) is 9.59 Å². The first-order chi connectivity index (χ1) is 16.4. The van der Waals surface area contributed by atoms with Gasteiger partial charge < -0.3 is 25.9 Å². The third-order valence-corrected chi connectivity index (χ3v) is 6.67. The zero-order valence-electron chi connectivity index (χ0n) is 19.5. The van der Waals surface area contributed by atoms with Crippen molar-refractivity contribution in [3.63, 3.8) is 0 Å². The molecule has 0 unspecified atom stereocenters. The Morgan fingerprint density at radius 1 is 1.24 bits per heavy atom. The first-order valence-electron chi connectivity index (χ1n) is 11.5. The van der Waals surface area contributed by atoms with Crippen LogP contribution in [0.15, 0.2) is 29.4 Å². The van der Waals surface area contributed by atoms with Crippen molar-refractivity contribution in [2.75, 3.05) is 24.3 Å². The van der Waals surface area contributed by atoms with Gasteiger partial charge in [-0.2, -0.15) is 9.97 Å². The van der Waals surface area contributed by atoms with Crippen LogP contribution < -0.4 is 20.7 Å². The predicted molar refractivity (Wildman–Crippen MR) is 127 cm³/mol. The summed E-state index contributed by atoms with van der Waals surface area (Å²) in [6, 6.07) is 8.31. The lowest BCUT2D eigenvalue weighted by Crippen LogP contribution is -2.39. The maximum absolute atomic E-state index is 13.1. The Labute approximate surface area is 198 Å². The normalized spacial score (nSPS) is 20.6. The van der Waals surface area contributed by atoms with E-state index in [0.717, 1.165) is 31.4 Å². The number of aromatic nitrogens is 2. The lowest BCUT2D eigenvalue weighted by atomic mass is 9.77. The molecule has 180 valence electrons. The third kappa shape index (κ3) is 4.95. The minimum Gasteiger partial charge on any atom is -0.467 e. The van der Waals surface area contributed by atoms with Crippen molar-refractivity contribution in [3.8, 4) is 6.01 Å². The van der Waals surface area contributed by atoms with Crippen molar-refractivity contribution < 1.29 is 19.5 Å². The SMILES string of the molecule is COc1nc(N)c2c(n1)CCN(c1ccc([C@H]3CC[C@H](CC(=O)N/C(C)=N\O)CC3)cc1)C2=O. The summed E-state index contributed by atoms with van der Waals surface area (Å²) >= 11 is 0. The summed E-state index contributed by atoms with van der Waals surface area (Å²) in [5, 5.41) is 14.2. The molecule has 4 rings (SSSR count). The second-order valence-corrected chi connectivity index (χ2v) is 8.87. The summed E-state index contributed by atoms with van der Waals surface area (Å²) in [7, 11) is 1.47. The van der Waals surface area contributed by atoms with E-state index in [1.54, 1.807) is 11.8 Å². The van der Waals surface area contributed by atoms with Gasteiger partial charge in [-0.25, -0.2) is 0 Å². The topological polar surface area (TPSA) is 143 Å². The number of amidine groups is 1. The van der Waals surface area contributed by atoms with Crippen LogP contribution in [-0.4, -0.2) is 46.5 Å². The molecule has 0 atom stereocenters. The number of nitrogens with zero attached hydrogens (tertiary/aromatic N) is 4. The minimum atomic E-state index is -0.200. The van der Waals surface area contributed by atoms with Gasteiger partial charge in [0.25, 0.3) is 5.91 Å². The number of methoxy groups -OCH3 is 1. The molecule has 0 bridgehead atoms. The zero-order chi connectivity index (χ0) is 24.2. The molecular weight excluding hydrogens is 436 g/mol. The van der Waals surface area contributed by atoms with Crippen molar-refractivity contribution >= 4 is 29.2 Å². The summed E-state index contributed by atoms with van der Waals surface area (Å²) in [6.45, 7) is 2.06. The van der Waals surface area contributed by atoms with E-state index in [1.165, 1.54) is 12.7 Å². The van der Waals surface area contributed by atoms with Crippen LogP contribution in [0.25, 0.3) is 0 Å². The van der Waals surface area contributed by atoms with Crippen LogP contribution in [-0.2, 0) is 11.2 Å². The van der Waals surface area contributed by atoms with Crippen LogP contribution in [0.1, 0.15) is 66.6 Å². The number of carbonyl (C=O) groups excluding carboxylic acids is 2. The van der Waals surface area contributed by atoms with Gasteiger partial charge >= 0.3 is 6.01 Å². The van der Waals surface area contributed by atoms with E-state index in [1.807, 2.05) is 12.1 Å². The second kappa shape index (κ2) is 10.1. The number of ether oxygens (including phenoxy) is 1. The van der Waals surface area contributed by atoms with E-state index >= 15 is 0 Å². The van der Waals surface area contributed by atoms with Gasteiger partial charge in [0.1, 0.15) is 17.2 Å². The van der Waals surface area contributed by atoms with E-state index in [0.29, 0.717) is 42.5 Å². The maximum Gasteiger partial charge on any atom is 0.318 e. The molecule has 0 radical (unpaired) electrons. The van der Waals surface area contributed by atoms with Gasteiger partial charge in [0.15, 0.2) is 0 Å². The number of anilines is 2. The molecule has 10 heteroatoms. The molecule has 2 aliphatic rings. The number of nitrogen functional groups attached to an aromatic ring is 1. The molecule has 34 heavy (non-hydrogen) atoms. The van der Waals surface area contributed by atoms with Gasteiger partial charge in [0, 0.05) is 25.1 Å². The van der Waals surface area contributed by atoms with Crippen LogP contribution in [0.4, 0.5) is 11.5 Å². The third-order valence-electron chi connectivity index (χ3n) is 6.67. The van der Waals surface area contributed by atoms with E-state index in [2.05, 4.69) is 32.6 Å². The van der Waals surface area contributed by atoms with Crippen LogP contribution in [0.3, 0.4) is 0 Å². The molecule has 1 aliphatic heterocycles. The van der Waals surface area contributed by atoms with Crippen molar-refractivity contribution in [2.24, 2.45) is 11.1 Å². The van der Waals surface area contributed by atoms with Crippen molar-refractivity contribution in [2.45, 2.75) is 51.4 Å². The number of amides is 2. The van der Waals surface area contributed by atoms with Crippen LogP contribution in [0.2, 0.25) is 0 Å². The molecule has 10 nitrogen and oxygen atoms in total. The zero-order valence-corrected chi connectivity index (χ0v) is 19.5. The van der Waals surface area contributed by atoms with Gasteiger partial charge in [0.2, 0.25) is 5.91 Å². The van der Waals surface area contributed by atoms with E-state index in [4.69, 9.17) is 15.7 Å². The van der Waals surface area contributed by atoms with E-state index in [9.17, 15) is 9.59 Å². The number of oxime groups is 1. The molecule has 2 aromatic rings. The van der Waals surface area contributed by atoms with Crippen molar-refractivity contribution in [1.82, 2.24) is 15.3 Å². The highest BCUT2D eigenvalue weighted by molar-refractivity contribution is 6.10. The Kier molecular flexibility index (Phi) is 6.95. The smallest absolute Gasteiger partial charge is 0.318 e. The molecule has 1 aromatic heterocycles. The Balaban J connectivity index is 1.37. The Morgan fingerprint density at radius 3 is 2.59 bits per heavy atom. The number of benzene rings is 1. The predicted octanol–water partition coefficient (Wildman–Crippen LogP) is 2.86. The van der Waals surface area contributed by atoms with Crippen LogP contribution in [0, 0.1) is 5.92 Å². The number of nitrogens with two attached hydrogens (primary N) is 1. The summed E-state index contributed by atoms with van der Waals surface area (Å²) in [5.41, 5.74) is 9.05. The summed E-state index contributed by atoms with van der Waals surface area (Å²) < 4.78 is 5.06. The molecule has 1 aliphatic carbocycles. The standard InChI is InChI=1S/C24H30N6O4/c1-14(29-33)26-20(31)13-15-3-5-16(6-4-15)17-7-9-18(10-8-17)30-12-11-19-21(23(30)32)22(25)28-24(27-19)34-2/h7-10,15-16,33H,3-6,11-13H2,1-2H3,(H2,25,27,28)(H,26,29,31)/t15-,16-. The van der Waals surface area contributed by atoms with Crippen molar-refractivity contribution in [1.29, 1.82) is 0 Å². The average Bonchev–Trinajstić information content (AvgIpc) is 2.84. The van der Waals surface area contributed by atoms with Gasteiger partial charge in [0.05, 0.1) is 12.8 Å². The fourth-order valence-electron chi connectivity index (χ4n) is 4.88. The van der Waals surface area contributed by atoms with Gasteiger partial charge in [-0.1, -0.05) is 17.3 Å². The number of hydrogen-bond acceptors (Lipinski definition) is 8. The highest BCUT2D eigenvalue weighted by Gasteiger charge is 2.31. The summed E-state index contributed by atoms with van der Waals surface area (Å²) in [6.07, 6.45) is 4.98. The van der Waals surface area contributed by atoms with E-state index in [-0.39, 0.29) is 29.5 Å². The molecule has 2 heterocycles. The lowest BCUT2D eigenvalue weighted by Gasteiger charge is -2.30. The summed E-state index contributed by atoms with van der Waals surface area (Å²) in [5.74, 6) is 0.805. The van der Waals surface area contributed by atoms with Crippen molar-refractivity contribution in [3.05, 3.63) is 41.1 Å². The Hall–Kier alpha value is -3.69. The molecule has 0 spiro atoms. The molecule has 1 saturated carbocycles. The number of carbonyl (C=O) groups is 2.